The van der Waals surface area contributed by atoms with Gasteiger partial charge in [0, 0.05) is 39.5 Å². The molecular weight excluding hydrogens is 344 g/mol. The van der Waals surface area contributed by atoms with Crippen LogP contribution in [0.15, 0.2) is 12.1 Å². The van der Waals surface area contributed by atoms with Gasteiger partial charge in [-0.15, -0.1) is 0 Å². The molecule has 1 aliphatic rings. The van der Waals surface area contributed by atoms with Crippen molar-refractivity contribution in [1.29, 1.82) is 0 Å². The lowest BCUT2D eigenvalue weighted by Crippen LogP contribution is -2.39. The molecule has 0 N–H and O–H groups in total. The van der Waals surface area contributed by atoms with Crippen molar-refractivity contribution >= 4 is 11.8 Å². The van der Waals surface area contributed by atoms with Crippen LogP contribution in [0.25, 0.3) is 0 Å². The van der Waals surface area contributed by atoms with Crippen molar-refractivity contribution in [2.75, 3.05) is 33.9 Å². The highest BCUT2D eigenvalue weighted by Crippen LogP contribution is 2.33. The monoisotopic (exact) mass is 376 g/mol. The molecule has 0 aromatic heterocycles. The van der Waals surface area contributed by atoms with Gasteiger partial charge in [-0.2, -0.15) is 0 Å². The Morgan fingerprint density at radius 2 is 1.74 bits per heavy atom. The fourth-order valence-electron chi connectivity index (χ4n) is 3.46. The molecule has 0 saturated carbocycles. The molecule has 27 heavy (non-hydrogen) atoms. The summed E-state index contributed by atoms with van der Waals surface area (Å²) in [5, 5.41) is 0. The highest BCUT2D eigenvalue weighted by molar-refractivity contribution is 5.78. The van der Waals surface area contributed by atoms with Crippen molar-refractivity contribution in [3.63, 3.8) is 0 Å². The molecule has 0 atom stereocenters. The summed E-state index contributed by atoms with van der Waals surface area (Å²) in [7, 11) is 3.25. The SMILES string of the molecule is CCCCCN(CCC(=O)N1CCc2cc(OC)c(OC)cc2C1)C(C)=O. The number of hydrogen-bond acceptors (Lipinski definition) is 4. The van der Waals surface area contributed by atoms with Gasteiger partial charge in [0.1, 0.15) is 0 Å². The van der Waals surface area contributed by atoms with Gasteiger partial charge in [-0.25, -0.2) is 0 Å². The number of ether oxygens (including phenoxy) is 2. The van der Waals surface area contributed by atoms with Crippen molar-refractivity contribution in [2.24, 2.45) is 0 Å². The maximum atomic E-state index is 12.7. The second-order valence-electron chi connectivity index (χ2n) is 7.00. The van der Waals surface area contributed by atoms with Crippen molar-refractivity contribution in [3.8, 4) is 11.5 Å². The van der Waals surface area contributed by atoms with E-state index in [-0.39, 0.29) is 11.8 Å². The Balaban J connectivity index is 1.95. The smallest absolute Gasteiger partial charge is 0.224 e. The van der Waals surface area contributed by atoms with E-state index in [0.29, 0.717) is 31.8 Å². The molecule has 1 aliphatic heterocycles. The summed E-state index contributed by atoms with van der Waals surface area (Å²) in [6.45, 7) is 6.21. The van der Waals surface area contributed by atoms with Gasteiger partial charge < -0.3 is 19.3 Å². The lowest BCUT2D eigenvalue weighted by Gasteiger charge is -2.30. The normalized spacial score (nSPS) is 13.1. The van der Waals surface area contributed by atoms with Crippen LogP contribution in [0.1, 0.15) is 50.7 Å². The zero-order chi connectivity index (χ0) is 19.8. The summed E-state index contributed by atoms with van der Waals surface area (Å²) in [5.74, 6) is 1.54. The quantitative estimate of drug-likeness (QED) is 0.622. The number of carbonyl (C=O) groups is 2. The van der Waals surface area contributed by atoms with Gasteiger partial charge in [0.25, 0.3) is 0 Å². The fourth-order valence-corrected chi connectivity index (χ4v) is 3.46. The van der Waals surface area contributed by atoms with Gasteiger partial charge in [0.05, 0.1) is 14.2 Å². The molecule has 2 rings (SSSR count). The molecule has 0 fully saturated rings. The van der Waals surface area contributed by atoms with Crippen LogP contribution in [-0.4, -0.2) is 55.5 Å². The molecule has 2 amide bonds. The van der Waals surface area contributed by atoms with Gasteiger partial charge >= 0.3 is 0 Å². The third-order valence-electron chi connectivity index (χ3n) is 5.14. The zero-order valence-electron chi connectivity index (χ0n) is 17.0. The fraction of sp³-hybridized carbons (Fsp3) is 0.619. The summed E-state index contributed by atoms with van der Waals surface area (Å²) in [6, 6.07) is 3.96. The Hall–Kier alpha value is -2.24. The van der Waals surface area contributed by atoms with E-state index in [1.807, 2.05) is 17.0 Å². The molecule has 150 valence electrons. The predicted octanol–water partition coefficient (Wildman–Crippen LogP) is 3.02. The van der Waals surface area contributed by atoms with E-state index < -0.39 is 0 Å². The first kappa shape index (κ1) is 21.1. The maximum absolute atomic E-state index is 12.7. The molecule has 0 aliphatic carbocycles. The summed E-state index contributed by atoms with van der Waals surface area (Å²) in [6.07, 6.45) is 4.38. The number of benzene rings is 1. The Labute approximate surface area is 162 Å². The summed E-state index contributed by atoms with van der Waals surface area (Å²) in [4.78, 5) is 28.1. The molecule has 1 aromatic rings. The lowest BCUT2D eigenvalue weighted by atomic mass is 9.98. The topological polar surface area (TPSA) is 59.1 Å². The van der Waals surface area contributed by atoms with Crippen molar-refractivity contribution < 1.29 is 19.1 Å². The van der Waals surface area contributed by atoms with Crippen LogP contribution in [0.2, 0.25) is 0 Å². The second-order valence-corrected chi connectivity index (χ2v) is 7.00. The number of fused-ring (bicyclic) bond motifs is 1. The van der Waals surface area contributed by atoms with Gasteiger partial charge in [0.2, 0.25) is 11.8 Å². The van der Waals surface area contributed by atoms with E-state index in [9.17, 15) is 9.59 Å². The average Bonchev–Trinajstić information content (AvgIpc) is 2.68. The highest BCUT2D eigenvalue weighted by Gasteiger charge is 2.23. The lowest BCUT2D eigenvalue weighted by molar-refractivity contribution is -0.134. The number of nitrogens with zero attached hydrogens (tertiary/aromatic N) is 2. The molecule has 6 nitrogen and oxygen atoms in total. The molecule has 1 aromatic carbocycles. The van der Waals surface area contributed by atoms with Crippen LogP contribution in [0.5, 0.6) is 11.5 Å². The van der Waals surface area contributed by atoms with Gasteiger partial charge in [0.15, 0.2) is 11.5 Å². The third-order valence-corrected chi connectivity index (χ3v) is 5.14. The number of carbonyl (C=O) groups excluding carboxylic acids is 2. The maximum Gasteiger partial charge on any atom is 0.224 e. The average molecular weight is 376 g/mol. The molecule has 0 saturated heterocycles. The first-order valence-corrected chi connectivity index (χ1v) is 9.77. The van der Waals surface area contributed by atoms with E-state index in [1.165, 1.54) is 5.56 Å². The Morgan fingerprint density at radius 1 is 1.07 bits per heavy atom. The minimum Gasteiger partial charge on any atom is -0.493 e. The molecule has 0 spiro atoms. The number of unbranched alkanes of at least 4 members (excludes halogenated alkanes) is 2. The van der Waals surface area contributed by atoms with E-state index >= 15 is 0 Å². The largest absolute Gasteiger partial charge is 0.493 e. The number of hydrogen-bond donors (Lipinski definition) is 0. The van der Waals surface area contributed by atoms with Crippen molar-refractivity contribution in [2.45, 2.75) is 52.5 Å². The van der Waals surface area contributed by atoms with Crippen LogP contribution < -0.4 is 9.47 Å². The van der Waals surface area contributed by atoms with Crippen LogP contribution in [-0.2, 0) is 22.6 Å². The molecule has 6 heteroatoms. The highest BCUT2D eigenvalue weighted by atomic mass is 16.5. The van der Waals surface area contributed by atoms with Gasteiger partial charge in [-0.1, -0.05) is 19.8 Å². The third kappa shape index (κ3) is 5.62. The molecule has 0 bridgehead atoms. The standard InChI is InChI=1S/C21H32N2O4/c1-5-6-7-10-22(16(2)24)12-9-21(25)23-11-8-17-13-19(26-3)20(27-4)14-18(17)15-23/h13-14H,5-12,15H2,1-4H3. The molecule has 1 heterocycles. The first-order valence-electron chi connectivity index (χ1n) is 9.77. The number of rotatable bonds is 9. The van der Waals surface area contributed by atoms with Gasteiger partial charge in [-0.3, -0.25) is 9.59 Å². The molecular formula is C21H32N2O4. The predicted molar refractivity (Wildman–Crippen MR) is 105 cm³/mol. The minimum atomic E-state index is 0.0414. The summed E-state index contributed by atoms with van der Waals surface area (Å²) in [5.41, 5.74) is 2.29. The Kier molecular flexibility index (Phi) is 7.95. The van der Waals surface area contributed by atoms with Crippen LogP contribution in [0.4, 0.5) is 0 Å². The summed E-state index contributed by atoms with van der Waals surface area (Å²) >= 11 is 0. The van der Waals surface area contributed by atoms with E-state index in [4.69, 9.17) is 9.47 Å². The molecule has 0 radical (unpaired) electrons. The summed E-state index contributed by atoms with van der Waals surface area (Å²) < 4.78 is 10.7. The van der Waals surface area contributed by atoms with E-state index in [2.05, 4.69) is 6.92 Å². The van der Waals surface area contributed by atoms with E-state index in [1.54, 1.807) is 26.0 Å². The Morgan fingerprint density at radius 3 is 2.33 bits per heavy atom. The second kappa shape index (κ2) is 10.2. The first-order chi connectivity index (χ1) is 13.0. The number of amides is 2. The Bertz CT molecular complexity index is 660. The molecule has 0 unspecified atom stereocenters. The minimum absolute atomic E-state index is 0.0414. The number of methoxy groups -OCH3 is 2. The van der Waals surface area contributed by atoms with Crippen LogP contribution >= 0.6 is 0 Å². The van der Waals surface area contributed by atoms with E-state index in [0.717, 1.165) is 43.5 Å². The van der Waals surface area contributed by atoms with Gasteiger partial charge in [-0.05, 0) is 36.1 Å². The van der Waals surface area contributed by atoms with Crippen molar-refractivity contribution in [3.05, 3.63) is 23.3 Å². The van der Waals surface area contributed by atoms with Crippen molar-refractivity contribution in [1.82, 2.24) is 9.80 Å². The zero-order valence-corrected chi connectivity index (χ0v) is 17.0. The van der Waals surface area contributed by atoms with Crippen LogP contribution in [0, 0.1) is 0 Å². The van der Waals surface area contributed by atoms with Crippen LogP contribution in [0.3, 0.4) is 0 Å².